The third-order valence-electron chi connectivity index (χ3n) is 3.80. The highest BCUT2D eigenvalue weighted by Gasteiger charge is 2.08. The number of aliphatic imine (C=N–C) groups is 1. The number of benzene rings is 1. The predicted molar refractivity (Wildman–Crippen MR) is 102 cm³/mol. The van der Waals surface area contributed by atoms with Crippen molar-refractivity contribution in [3.05, 3.63) is 64.4 Å². The fourth-order valence-corrected chi connectivity index (χ4v) is 3.16. The van der Waals surface area contributed by atoms with Crippen LogP contribution in [0.3, 0.4) is 0 Å². The summed E-state index contributed by atoms with van der Waals surface area (Å²) in [6.45, 7) is 3.48. The van der Waals surface area contributed by atoms with Crippen LogP contribution in [-0.4, -0.2) is 39.7 Å². The number of nitrogens with one attached hydrogen (secondary N) is 1. The first kappa shape index (κ1) is 17.2. The summed E-state index contributed by atoms with van der Waals surface area (Å²) in [5.74, 6) is 0.849. The number of aromatic nitrogens is 3. The maximum Gasteiger partial charge on any atom is 0.194 e. The molecule has 7 heteroatoms. The van der Waals surface area contributed by atoms with E-state index < -0.39 is 0 Å². The number of rotatable bonds is 5. The lowest BCUT2D eigenvalue weighted by Gasteiger charge is -2.21. The minimum atomic E-state index is 0.715. The zero-order valence-corrected chi connectivity index (χ0v) is 15.5. The third-order valence-corrected chi connectivity index (χ3v) is 4.62. The van der Waals surface area contributed by atoms with E-state index in [0.29, 0.717) is 6.54 Å². The number of hydrogen-bond donors (Lipinski definition) is 1. The fraction of sp³-hybridized carbons (Fsp3) is 0.278. The van der Waals surface area contributed by atoms with E-state index in [9.17, 15) is 0 Å². The molecule has 0 aliphatic carbocycles. The van der Waals surface area contributed by atoms with Gasteiger partial charge in [0.15, 0.2) is 5.96 Å². The second-order valence-corrected chi connectivity index (χ2v) is 6.79. The Labute approximate surface area is 151 Å². The van der Waals surface area contributed by atoms with Gasteiger partial charge in [-0.15, -0.1) is 11.3 Å². The molecule has 0 unspecified atom stereocenters. The summed E-state index contributed by atoms with van der Waals surface area (Å²) >= 11 is 1.67. The van der Waals surface area contributed by atoms with Crippen molar-refractivity contribution in [2.75, 3.05) is 14.1 Å². The van der Waals surface area contributed by atoms with Crippen LogP contribution in [0, 0.1) is 6.92 Å². The smallest absolute Gasteiger partial charge is 0.194 e. The summed E-state index contributed by atoms with van der Waals surface area (Å²) in [5.41, 5.74) is 3.31. The highest BCUT2D eigenvalue weighted by atomic mass is 32.1. The second-order valence-electron chi connectivity index (χ2n) is 5.73. The largest absolute Gasteiger partial charge is 0.352 e. The van der Waals surface area contributed by atoms with Crippen LogP contribution in [0.4, 0.5) is 0 Å². The topological polar surface area (TPSA) is 58.3 Å². The molecule has 130 valence electrons. The average Bonchev–Trinajstić information content (AvgIpc) is 3.28. The zero-order valence-electron chi connectivity index (χ0n) is 14.7. The molecular formula is C18H22N6S. The van der Waals surface area contributed by atoms with Gasteiger partial charge in [-0.05, 0) is 30.7 Å². The van der Waals surface area contributed by atoms with Gasteiger partial charge in [0, 0.05) is 38.4 Å². The lowest BCUT2D eigenvalue weighted by atomic mass is 10.2. The molecule has 0 atom stereocenters. The van der Waals surface area contributed by atoms with Gasteiger partial charge in [-0.2, -0.15) is 5.10 Å². The van der Waals surface area contributed by atoms with Crippen molar-refractivity contribution in [2.45, 2.75) is 20.0 Å². The van der Waals surface area contributed by atoms with Crippen molar-refractivity contribution in [2.24, 2.45) is 4.99 Å². The third kappa shape index (κ3) is 4.45. The Morgan fingerprint density at radius 2 is 2.12 bits per heavy atom. The lowest BCUT2D eigenvalue weighted by Crippen LogP contribution is -2.38. The molecule has 2 aromatic heterocycles. The molecule has 1 aromatic carbocycles. The first-order chi connectivity index (χ1) is 12.2. The molecule has 0 fully saturated rings. The molecule has 0 amide bonds. The van der Waals surface area contributed by atoms with Gasteiger partial charge in [-0.1, -0.05) is 12.1 Å². The number of guanidine groups is 1. The van der Waals surface area contributed by atoms with Crippen molar-refractivity contribution in [3.8, 4) is 5.69 Å². The molecule has 3 rings (SSSR count). The van der Waals surface area contributed by atoms with Crippen molar-refractivity contribution in [3.63, 3.8) is 0 Å². The maximum atomic E-state index is 4.51. The molecule has 0 saturated carbocycles. The Morgan fingerprint density at radius 1 is 1.32 bits per heavy atom. The zero-order chi connectivity index (χ0) is 17.6. The van der Waals surface area contributed by atoms with Crippen LogP contribution >= 0.6 is 11.3 Å². The quantitative estimate of drug-likeness (QED) is 0.565. The van der Waals surface area contributed by atoms with Crippen molar-refractivity contribution >= 4 is 17.3 Å². The summed E-state index contributed by atoms with van der Waals surface area (Å²) in [4.78, 5) is 10.9. The van der Waals surface area contributed by atoms with Gasteiger partial charge < -0.3 is 10.2 Å². The van der Waals surface area contributed by atoms with E-state index in [4.69, 9.17) is 0 Å². The SMILES string of the molecule is CN=C(NCc1ccc(-n2cccn2)cc1)N(C)Cc1csc(C)n1. The van der Waals surface area contributed by atoms with Crippen LogP contribution in [-0.2, 0) is 13.1 Å². The van der Waals surface area contributed by atoms with Crippen LogP contribution in [0.1, 0.15) is 16.3 Å². The van der Waals surface area contributed by atoms with Crippen LogP contribution in [0.15, 0.2) is 53.1 Å². The average molecular weight is 354 g/mol. The van der Waals surface area contributed by atoms with Crippen molar-refractivity contribution in [1.82, 2.24) is 25.0 Å². The highest BCUT2D eigenvalue weighted by Crippen LogP contribution is 2.11. The van der Waals surface area contributed by atoms with E-state index in [1.54, 1.807) is 24.6 Å². The summed E-state index contributed by atoms with van der Waals surface area (Å²) < 4.78 is 1.85. The van der Waals surface area contributed by atoms with Gasteiger partial charge in [0.1, 0.15) is 0 Å². The first-order valence-electron chi connectivity index (χ1n) is 8.07. The Kier molecular flexibility index (Phi) is 5.45. The maximum absolute atomic E-state index is 4.51. The molecule has 0 spiro atoms. The minimum Gasteiger partial charge on any atom is -0.352 e. The number of hydrogen-bond acceptors (Lipinski definition) is 4. The summed E-state index contributed by atoms with van der Waals surface area (Å²) in [5, 5.41) is 10.8. The minimum absolute atomic E-state index is 0.715. The summed E-state index contributed by atoms with van der Waals surface area (Å²) in [6.07, 6.45) is 3.71. The molecule has 0 bridgehead atoms. The van der Waals surface area contributed by atoms with Gasteiger partial charge in [0.25, 0.3) is 0 Å². The predicted octanol–water partition coefficient (Wildman–Crippen LogP) is 2.84. The summed E-state index contributed by atoms with van der Waals surface area (Å²) in [6, 6.07) is 10.2. The number of nitrogens with zero attached hydrogens (tertiary/aromatic N) is 5. The van der Waals surface area contributed by atoms with Gasteiger partial charge >= 0.3 is 0 Å². The molecule has 2 heterocycles. The second kappa shape index (κ2) is 7.94. The van der Waals surface area contributed by atoms with Gasteiger partial charge in [-0.3, -0.25) is 4.99 Å². The van der Waals surface area contributed by atoms with E-state index in [1.807, 2.05) is 30.9 Å². The van der Waals surface area contributed by atoms with Gasteiger partial charge in [-0.25, -0.2) is 9.67 Å². The molecule has 6 nitrogen and oxygen atoms in total. The van der Waals surface area contributed by atoms with E-state index in [2.05, 4.69) is 54.9 Å². The Balaban J connectivity index is 1.57. The van der Waals surface area contributed by atoms with Crippen molar-refractivity contribution < 1.29 is 0 Å². The van der Waals surface area contributed by atoms with E-state index in [1.165, 1.54) is 5.56 Å². The lowest BCUT2D eigenvalue weighted by molar-refractivity contribution is 0.470. The highest BCUT2D eigenvalue weighted by molar-refractivity contribution is 7.09. The van der Waals surface area contributed by atoms with E-state index >= 15 is 0 Å². The van der Waals surface area contributed by atoms with E-state index in [-0.39, 0.29) is 0 Å². The number of aryl methyl sites for hydroxylation is 1. The molecule has 0 radical (unpaired) electrons. The van der Waals surface area contributed by atoms with Crippen molar-refractivity contribution in [1.29, 1.82) is 0 Å². The first-order valence-corrected chi connectivity index (χ1v) is 8.95. The van der Waals surface area contributed by atoms with Crippen LogP contribution < -0.4 is 5.32 Å². The monoisotopic (exact) mass is 354 g/mol. The molecule has 0 aliphatic heterocycles. The fourth-order valence-electron chi connectivity index (χ4n) is 2.55. The number of thiazole rings is 1. The van der Waals surface area contributed by atoms with E-state index in [0.717, 1.165) is 28.9 Å². The molecule has 0 aliphatic rings. The molecular weight excluding hydrogens is 332 g/mol. The van der Waals surface area contributed by atoms with Crippen LogP contribution in [0.2, 0.25) is 0 Å². The molecule has 0 saturated heterocycles. The Morgan fingerprint density at radius 3 is 2.72 bits per heavy atom. The Hall–Kier alpha value is -2.67. The molecule has 1 N–H and O–H groups in total. The summed E-state index contributed by atoms with van der Waals surface area (Å²) in [7, 11) is 3.82. The van der Waals surface area contributed by atoms with Crippen LogP contribution in [0.25, 0.3) is 5.69 Å². The molecule has 25 heavy (non-hydrogen) atoms. The standard InChI is InChI=1S/C18H22N6S/c1-14-22-16(13-25-14)12-23(3)18(19-2)20-11-15-5-7-17(8-6-15)24-10-4-9-21-24/h4-10,13H,11-12H2,1-3H3,(H,19,20). The van der Waals surface area contributed by atoms with Crippen LogP contribution in [0.5, 0.6) is 0 Å². The molecule has 3 aromatic rings. The Bertz CT molecular complexity index is 820. The van der Waals surface area contributed by atoms with Gasteiger partial charge in [0.05, 0.1) is 22.9 Å². The van der Waals surface area contributed by atoms with Gasteiger partial charge in [0.2, 0.25) is 0 Å². The normalized spacial score (nSPS) is 11.6.